The van der Waals surface area contributed by atoms with Gasteiger partial charge < -0.3 is 5.32 Å². The van der Waals surface area contributed by atoms with Crippen molar-refractivity contribution in [3.8, 4) is 0 Å². The number of rotatable bonds is 4. The molecule has 0 fully saturated rings. The van der Waals surface area contributed by atoms with Crippen LogP contribution < -0.4 is 5.32 Å². The molecule has 6 heteroatoms. The second-order valence-electron chi connectivity index (χ2n) is 4.55. The summed E-state index contributed by atoms with van der Waals surface area (Å²) < 4.78 is 3.65. The van der Waals surface area contributed by atoms with E-state index in [2.05, 4.69) is 20.5 Å². The maximum atomic E-state index is 4.36. The van der Waals surface area contributed by atoms with Crippen molar-refractivity contribution in [3.63, 3.8) is 0 Å². The Kier molecular flexibility index (Phi) is 2.91. The third-order valence-electron chi connectivity index (χ3n) is 2.95. The Morgan fingerprint density at radius 1 is 1.26 bits per heavy atom. The SMILES string of the molecule is Cc1cc2c(NCCc3ccn(C)n3)nccn2n1. The zero-order valence-electron chi connectivity index (χ0n) is 11.0. The molecule has 98 valence electrons. The summed E-state index contributed by atoms with van der Waals surface area (Å²) in [7, 11) is 1.92. The van der Waals surface area contributed by atoms with Crippen LogP contribution in [-0.4, -0.2) is 30.9 Å². The molecule has 0 atom stereocenters. The number of hydrogen-bond donors (Lipinski definition) is 1. The molecule has 6 nitrogen and oxygen atoms in total. The van der Waals surface area contributed by atoms with Gasteiger partial charge in [0.1, 0.15) is 5.52 Å². The number of anilines is 1. The van der Waals surface area contributed by atoms with Gasteiger partial charge in [-0.15, -0.1) is 0 Å². The van der Waals surface area contributed by atoms with E-state index < -0.39 is 0 Å². The topological polar surface area (TPSA) is 60.0 Å². The van der Waals surface area contributed by atoms with Gasteiger partial charge in [-0.3, -0.25) is 4.68 Å². The minimum Gasteiger partial charge on any atom is -0.368 e. The lowest BCUT2D eigenvalue weighted by molar-refractivity contribution is 0.742. The molecule has 0 aliphatic rings. The fraction of sp³-hybridized carbons (Fsp3) is 0.308. The maximum absolute atomic E-state index is 4.36. The second kappa shape index (κ2) is 4.72. The van der Waals surface area contributed by atoms with Crippen molar-refractivity contribution in [2.24, 2.45) is 7.05 Å². The highest BCUT2D eigenvalue weighted by Gasteiger charge is 2.05. The van der Waals surface area contributed by atoms with Crippen LogP contribution in [0, 0.1) is 6.92 Å². The quantitative estimate of drug-likeness (QED) is 0.767. The van der Waals surface area contributed by atoms with E-state index in [9.17, 15) is 0 Å². The monoisotopic (exact) mass is 256 g/mol. The molecular formula is C13H16N6. The molecule has 0 bridgehead atoms. The fourth-order valence-corrected chi connectivity index (χ4v) is 2.09. The molecule has 0 aromatic carbocycles. The summed E-state index contributed by atoms with van der Waals surface area (Å²) >= 11 is 0. The number of fused-ring (bicyclic) bond motifs is 1. The van der Waals surface area contributed by atoms with Gasteiger partial charge in [-0.05, 0) is 19.1 Å². The zero-order chi connectivity index (χ0) is 13.2. The van der Waals surface area contributed by atoms with Crippen molar-refractivity contribution in [2.45, 2.75) is 13.3 Å². The van der Waals surface area contributed by atoms with Crippen LogP contribution in [0.2, 0.25) is 0 Å². The molecule has 0 amide bonds. The molecule has 3 rings (SSSR count). The van der Waals surface area contributed by atoms with Gasteiger partial charge in [0.25, 0.3) is 0 Å². The molecule has 0 saturated heterocycles. The smallest absolute Gasteiger partial charge is 0.152 e. The van der Waals surface area contributed by atoms with Gasteiger partial charge in [-0.25, -0.2) is 9.50 Å². The van der Waals surface area contributed by atoms with Crippen LogP contribution in [0.4, 0.5) is 5.82 Å². The van der Waals surface area contributed by atoms with E-state index in [0.29, 0.717) is 0 Å². The Hall–Kier alpha value is -2.37. The zero-order valence-corrected chi connectivity index (χ0v) is 11.0. The Labute approximate surface area is 111 Å². The van der Waals surface area contributed by atoms with Crippen LogP contribution >= 0.6 is 0 Å². The van der Waals surface area contributed by atoms with Crippen LogP contribution in [0.3, 0.4) is 0 Å². The average Bonchev–Trinajstić information content (AvgIpc) is 2.95. The molecule has 19 heavy (non-hydrogen) atoms. The summed E-state index contributed by atoms with van der Waals surface area (Å²) in [6.07, 6.45) is 6.43. The lowest BCUT2D eigenvalue weighted by Gasteiger charge is -2.05. The normalized spacial score (nSPS) is 11.1. The minimum atomic E-state index is 0.800. The molecule has 0 aliphatic carbocycles. The lowest BCUT2D eigenvalue weighted by atomic mass is 10.3. The van der Waals surface area contributed by atoms with Crippen molar-refractivity contribution in [1.82, 2.24) is 24.4 Å². The van der Waals surface area contributed by atoms with Crippen LogP contribution in [0.5, 0.6) is 0 Å². The molecular weight excluding hydrogens is 240 g/mol. The molecule has 0 saturated carbocycles. The van der Waals surface area contributed by atoms with Gasteiger partial charge in [-0.1, -0.05) is 0 Å². The summed E-state index contributed by atoms with van der Waals surface area (Å²) in [6, 6.07) is 4.05. The van der Waals surface area contributed by atoms with Crippen LogP contribution in [-0.2, 0) is 13.5 Å². The van der Waals surface area contributed by atoms with Crippen LogP contribution in [0.1, 0.15) is 11.4 Å². The fourth-order valence-electron chi connectivity index (χ4n) is 2.09. The van der Waals surface area contributed by atoms with Crippen molar-refractivity contribution in [1.29, 1.82) is 0 Å². The van der Waals surface area contributed by atoms with E-state index in [1.165, 1.54) is 0 Å². The van der Waals surface area contributed by atoms with Gasteiger partial charge in [0.15, 0.2) is 5.82 Å². The first kappa shape index (κ1) is 11.7. The standard InChI is InChI=1S/C13H16N6/c1-10-9-12-13(15-6-8-19(12)16-10)14-5-3-11-4-7-18(2)17-11/h4,6-9H,3,5H2,1-2H3,(H,14,15). The van der Waals surface area contributed by atoms with Crippen LogP contribution in [0.25, 0.3) is 5.52 Å². The molecule has 0 aliphatic heterocycles. The highest BCUT2D eigenvalue weighted by atomic mass is 15.3. The van der Waals surface area contributed by atoms with E-state index in [1.54, 1.807) is 6.20 Å². The highest BCUT2D eigenvalue weighted by Crippen LogP contribution is 2.14. The van der Waals surface area contributed by atoms with E-state index in [1.807, 2.05) is 47.7 Å². The first-order chi connectivity index (χ1) is 9.22. The first-order valence-corrected chi connectivity index (χ1v) is 6.26. The largest absolute Gasteiger partial charge is 0.368 e. The van der Waals surface area contributed by atoms with Gasteiger partial charge in [0, 0.05) is 38.6 Å². The number of aromatic nitrogens is 5. The second-order valence-corrected chi connectivity index (χ2v) is 4.55. The van der Waals surface area contributed by atoms with E-state index in [0.717, 1.165) is 35.7 Å². The predicted molar refractivity (Wildman–Crippen MR) is 73.1 cm³/mol. The third-order valence-corrected chi connectivity index (χ3v) is 2.95. The number of nitrogens with zero attached hydrogens (tertiary/aromatic N) is 5. The van der Waals surface area contributed by atoms with Gasteiger partial charge >= 0.3 is 0 Å². The average molecular weight is 256 g/mol. The number of nitrogens with one attached hydrogen (secondary N) is 1. The molecule has 0 unspecified atom stereocenters. The van der Waals surface area contributed by atoms with Crippen LogP contribution in [0.15, 0.2) is 30.7 Å². The Balaban J connectivity index is 1.71. The van der Waals surface area contributed by atoms with E-state index >= 15 is 0 Å². The Bertz CT molecular complexity index is 696. The van der Waals surface area contributed by atoms with E-state index in [-0.39, 0.29) is 0 Å². The molecule has 3 heterocycles. The Morgan fingerprint density at radius 3 is 2.95 bits per heavy atom. The molecule has 0 spiro atoms. The van der Waals surface area contributed by atoms with E-state index in [4.69, 9.17) is 0 Å². The van der Waals surface area contributed by atoms with Gasteiger partial charge in [0.2, 0.25) is 0 Å². The summed E-state index contributed by atoms with van der Waals surface area (Å²) in [5.41, 5.74) is 3.06. The van der Waals surface area contributed by atoms with Crippen molar-refractivity contribution >= 4 is 11.3 Å². The molecule has 1 N–H and O–H groups in total. The first-order valence-electron chi connectivity index (χ1n) is 6.26. The summed E-state index contributed by atoms with van der Waals surface area (Å²) in [4.78, 5) is 4.36. The molecule has 0 radical (unpaired) electrons. The highest BCUT2D eigenvalue weighted by molar-refractivity contribution is 5.67. The van der Waals surface area contributed by atoms with Gasteiger partial charge in [0.05, 0.1) is 11.4 Å². The number of hydrogen-bond acceptors (Lipinski definition) is 4. The maximum Gasteiger partial charge on any atom is 0.152 e. The van der Waals surface area contributed by atoms with Gasteiger partial charge in [-0.2, -0.15) is 10.2 Å². The van der Waals surface area contributed by atoms with Crippen molar-refractivity contribution in [2.75, 3.05) is 11.9 Å². The third kappa shape index (κ3) is 2.42. The van der Waals surface area contributed by atoms with Crippen molar-refractivity contribution in [3.05, 3.63) is 42.1 Å². The summed E-state index contributed by atoms with van der Waals surface area (Å²) in [6.45, 7) is 2.78. The molecule has 3 aromatic heterocycles. The lowest BCUT2D eigenvalue weighted by Crippen LogP contribution is -2.08. The molecule has 3 aromatic rings. The van der Waals surface area contributed by atoms with Crippen molar-refractivity contribution < 1.29 is 0 Å². The summed E-state index contributed by atoms with van der Waals surface area (Å²) in [5.74, 6) is 0.860. The minimum absolute atomic E-state index is 0.800. The number of aryl methyl sites for hydroxylation is 2. The summed E-state index contributed by atoms with van der Waals surface area (Å²) in [5, 5.41) is 12.0. The Morgan fingerprint density at radius 2 is 2.16 bits per heavy atom. The predicted octanol–water partition coefficient (Wildman–Crippen LogP) is 1.43.